The normalized spacial score (nSPS) is 15.8. The highest BCUT2D eigenvalue weighted by Crippen LogP contribution is 2.22. The van der Waals surface area contributed by atoms with Crippen molar-refractivity contribution in [2.75, 3.05) is 0 Å². The number of hydrogen-bond donors (Lipinski definition) is 0. The van der Waals surface area contributed by atoms with Crippen molar-refractivity contribution in [1.29, 1.82) is 15.8 Å². The van der Waals surface area contributed by atoms with Gasteiger partial charge in [0.05, 0.1) is 6.07 Å². The van der Waals surface area contributed by atoms with Crippen LogP contribution in [0.15, 0.2) is 0 Å². The quantitative estimate of drug-likeness (QED) is 0.546. The van der Waals surface area contributed by atoms with Gasteiger partial charge in [0.2, 0.25) is 0 Å². The second-order valence-electron chi connectivity index (χ2n) is 2.69. The first-order valence-electron chi connectivity index (χ1n) is 4.03. The van der Waals surface area contributed by atoms with Crippen LogP contribution in [-0.2, 0) is 0 Å². The van der Waals surface area contributed by atoms with Gasteiger partial charge in [-0.15, -0.1) is 0 Å². The molecule has 0 aromatic heterocycles. The molecule has 12 heavy (non-hydrogen) atoms. The van der Waals surface area contributed by atoms with Gasteiger partial charge in [-0.1, -0.05) is 19.3 Å². The Morgan fingerprint density at radius 2 is 1.33 bits per heavy atom. The minimum Gasteiger partial charge on any atom is -0.198 e. The molecular formula is C9H11N3. The summed E-state index contributed by atoms with van der Waals surface area (Å²) < 4.78 is 0. The van der Waals surface area contributed by atoms with Crippen LogP contribution in [0.5, 0.6) is 0 Å². The SMILES string of the molecule is N#CC#N.N#CC1CCCCC1. The number of hydrogen-bond acceptors (Lipinski definition) is 3. The Labute approximate surface area is 72.8 Å². The van der Waals surface area contributed by atoms with Gasteiger partial charge in [0.15, 0.2) is 12.1 Å². The first-order valence-corrected chi connectivity index (χ1v) is 4.03. The maximum absolute atomic E-state index is 8.44. The molecule has 1 aliphatic rings. The molecule has 1 rings (SSSR count). The summed E-state index contributed by atoms with van der Waals surface area (Å²) in [6, 6.07) is 4.78. The van der Waals surface area contributed by atoms with E-state index in [1.54, 1.807) is 0 Å². The van der Waals surface area contributed by atoms with Crippen LogP contribution in [0, 0.1) is 39.9 Å². The van der Waals surface area contributed by atoms with Gasteiger partial charge in [-0.05, 0) is 12.8 Å². The Balaban J connectivity index is 0.000000261. The van der Waals surface area contributed by atoms with E-state index >= 15 is 0 Å². The summed E-state index contributed by atoms with van der Waals surface area (Å²) in [5.74, 6) is 0.392. The first kappa shape index (κ1) is 10.5. The Morgan fingerprint density at radius 3 is 1.58 bits per heavy atom. The molecule has 0 atom stereocenters. The number of rotatable bonds is 0. The Bertz CT molecular complexity index is 208. The van der Waals surface area contributed by atoms with Crippen LogP contribution < -0.4 is 0 Å². The van der Waals surface area contributed by atoms with Crippen LogP contribution in [0.25, 0.3) is 0 Å². The van der Waals surface area contributed by atoms with Gasteiger partial charge in [-0.2, -0.15) is 15.8 Å². The summed E-state index contributed by atoms with van der Waals surface area (Å²) in [6.45, 7) is 0. The Morgan fingerprint density at radius 1 is 0.833 bits per heavy atom. The van der Waals surface area contributed by atoms with E-state index in [0.29, 0.717) is 5.92 Å². The van der Waals surface area contributed by atoms with Crippen molar-refractivity contribution in [3.63, 3.8) is 0 Å². The van der Waals surface area contributed by atoms with Crippen molar-refractivity contribution in [2.24, 2.45) is 5.92 Å². The molecule has 0 aromatic rings. The molecular weight excluding hydrogens is 150 g/mol. The van der Waals surface area contributed by atoms with Gasteiger partial charge < -0.3 is 0 Å². The highest BCUT2D eigenvalue weighted by atomic mass is 14.3. The third kappa shape index (κ3) is 5.27. The highest BCUT2D eigenvalue weighted by molar-refractivity contribution is 4.99. The monoisotopic (exact) mass is 161 g/mol. The zero-order chi connectivity index (χ0) is 9.23. The molecule has 1 saturated carbocycles. The molecule has 0 unspecified atom stereocenters. The summed E-state index contributed by atoms with van der Waals surface area (Å²) in [6.07, 6.45) is 6.20. The molecule has 3 nitrogen and oxygen atoms in total. The predicted molar refractivity (Wildman–Crippen MR) is 43.4 cm³/mol. The maximum Gasteiger partial charge on any atom is 0.181 e. The van der Waals surface area contributed by atoms with Crippen LogP contribution in [0.3, 0.4) is 0 Å². The van der Waals surface area contributed by atoms with E-state index in [1.807, 2.05) is 0 Å². The molecule has 0 spiro atoms. The number of nitriles is 3. The third-order valence-corrected chi connectivity index (χ3v) is 1.84. The average molecular weight is 161 g/mol. The fourth-order valence-corrected chi connectivity index (χ4v) is 1.23. The topological polar surface area (TPSA) is 71.4 Å². The third-order valence-electron chi connectivity index (χ3n) is 1.84. The molecule has 3 heteroatoms. The molecule has 0 radical (unpaired) electrons. The molecule has 0 amide bonds. The second-order valence-corrected chi connectivity index (χ2v) is 2.69. The largest absolute Gasteiger partial charge is 0.198 e. The first-order chi connectivity index (χ1) is 5.85. The lowest BCUT2D eigenvalue weighted by Gasteiger charge is -2.13. The molecule has 0 bridgehead atoms. The van der Waals surface area contributed by atoms with E-state index in [4.69, 9.17) is 15.8 Å². The van der Waals surface area contributed by atoms with Gasteiger partial charge in [-0.25, -0.2) is 0 Å². The smallest absolute Gasteiger partial charge is 0.181 e. The summed E-state index contributed by atoms with van der Waals surface area (Å²) in [7, 11) is 0. The summed E-state index contributed by atoms with van der Waals surface area (Å²) in [5, 5.41) is 23.0. The number of nitrogens with zero attached hydrogens (tertiary/aromatic N) is 3. The van der Waals surface area contributed by atoms with E-state index < -0.39 is 0 Å². The van der Waals surface area contributed by atoms with Crippen molar-refractivity contribution in [2.45, 2.75) is 32.1 Å². The molecule has 0 aromatic carbocycles. The van der Waals surface area contributed by atoms with Crippen molar-refractivity contribution in [1.82, 2.24) is 0 Å². The van der Waals surface area contributed by atoms with E-state index in [9.17, 15) is 0 Å². The summed E-state index contributed by atoms with van der Waals surface area (Å²) in [4.78, 5) is 0. The van der Waals surface area contributed by atoms with Gasteiger partial charge in [-0.3, -0.25) is 0 Å². The zero-order valence-electron chi connectivity index (χ0n) is 6.95. The van der Waals surface area contributed by atoms with Gasteiger partial charge in [0.25, 0.3) is 0 Å². The van der Waals surface area contributed by atoms with Crippen LogP contribution in [0.4, 0.5) is 0 Å². The molecule has 62 valence electrons. The summed E-state index contributed by atoms with van der Waals surface area (Å²) in [5.41, 5.74) is 0. The Hall–Kier alpha value is -1.53. The Kier molecular flexibility index (Phi) is 6.61. The standard InChI is InChI=1S/C7H11N.C2N2/c8-6-7-4-2-1-3-5-7;3-1-2-4/h7H,1-5H2;. The predicted octanol–water partition coefficient (Wildman–Crippen LogP) is 2.12. The van der Waals surface area contributed by atoms with Crippen molar-refractivity contribution >= 4 is 0 Å². The van der Waals surface area contributed by atoms with Crippen LogP contribution in [0.1, 0.15) is 32.1 Å². The van der Waals surface area contributed by atoms with E-state index in [2.05, 4.69) is 6.07 Å². The van der Waals surface area contributed by atoms with Crippen molar-refractivity contribution in [3.05, 3.63) is 0 Å². The molecule has 1 fully saturated rings. The summed E-state index contributed by atoms with van der Waals surface area (Å²) >= 11 is 0. The zero-order valence-corrected chi connectivity index (χ0v) is 6.95. The average Bonchev–Trinajstić information content (AvgIpc) is 2.19. The maximum atomic E-state index is 8.44. The molecule has 0 aliphatic heterocycles. The van der Waals surface area contributed by atoms with Crippen LogP contribution >= 0.6 is 0 Å². The lowest BCUT2D eigenvalue weighted by atomic mass is 9.91. The molecule has 0 N–H and O–H groups in total. The second kappa shape index (κ2) is 7.58. The minimum absolute atomic E-state index is 0.392. The fraction of sp³-hybridized carbons (Fsp3) is 0.667. The van der Waals surface area contributed by atoms with Crippen molar-refractivity contribution < 1.29 is 0 Å². The fourth-order valence-electron chi connectivity index (χ4n) is 1.23. The van der Waals surface area contributed by atoms with E-state index in [0.717, 1.165) is 12.8 Å². The van der Waals surface area contributed by atoms with Crippen molar-refractivity contribution in [3.8, 4) is 18.2 Å². The molecule has 0 heterocycles. The molecule has 0 saturated heterocycles. The highest BCUT2D eigenvalue weighted by Gasteiger charge is 2.10. The molecule has 1 aliphatic carbocycles. The van der Waals surface area contributed by atoms with Crippen LogP contribution in [0.2, 0.25) is 0 Å². The van der Waals surface area contributed by atoms with Gasteiger partial charge in [0, 0.05) is 5.92 Å². The van der Waals surface area contributed by atoms with Crippen LogP contribution in [-0.4, -0.2) is 0 Å². The lowest BCUT2D eigenvalue weighted by Crippen LogP contribution is -2.02. The lowest BCUT2D eigenvalue weighted by molar-refractivity contribution is 0.427. The van der Waals surface area contributed by atoms with Gasteiger partial charge >= 0.3 is 0 Å². The van der Waals surface area contributed by atoms with E-state index in [-0.39, 0.29) is 0 Å². The minimum atomic E-state index is 0.392. The van der Waals surface area contributed by atoms with E-state index in [1.165, 1.54) is 31.4 Å². The van der Waals surface area contributed by atoms with Gasteiger partial charge in [0.1, 0.15) is 0 Å².